The van der Waals surface area contributed by atoms with Gasteiger partial charge in [0.1, 0.15) is 0 Å². The number of carbonyl (C=O) groups excluding carboxylic acids is 1. The Morgan fingerprint density at radius 3 is 2.71 bits per heavy atom. The Morgan fingerprint density at radius 2 is 2.10 bits per heavy atom. The highest BCUT2D eigenvalue weighted by Crippen LogP contribution is 2.39. The number of nitrogens with two attached hydrogens (primary N) is 1. The first kappa shape index (κ1) is 16.0. The molecule has 1 aromatic rings. The van der Waals surface area contributed by atoms with Gasteiger partial charge < -0.3 is 15.8 Å². The van der Waals surface area contributed by atoms with E-state index in [-0.39, 0.29) is 10.7 Å². The number of anilines is 2. The second-order valence-electron chi connectivity index (χ2n) is 5.59. The number of hydrogen-bond donors (Lipinski definition) is 2. The van der Waals surface area contributed by atoms with E-state index >= 15 is 0 Å². The quantitative estimate of drug-likeness (QED) is 0.643. The summed E-state index contributed by atoms with van der Waals surface area (Å²) >= 11 is 1.94. The van der Waals surface area contributed by atoms with Crippen molar-refractivity contribution in [3.8, 4) is 0 Å². The predicted molar refractivity (Wildman–Crippen MR) is 90.0 cm³/mol. The molecule has 1 aliphatic rings. The number of methoxy groups -OCH3 is 1. The van der Waals surface area contributed by atoms with Crippen LogP contribution in [0.1, 0.15) is 42.5 Å². The zero-order chi connectivity index (χ0) is 15.3. The third kappa shape index (κ3) is 3.84. The smallest absolute Gasteiger partial charge is 0.337 e. The van der Waals surface area contributed by atoms with Crippen LogP contribution in [-0.4, -0.2) is 30.6 Å². The first-order valence-corrected chi connectivity index (χ1v) is 8.59. The van der Waals surface area contributed by atoms with Gasteiger partial charge >= 0.3 is 5.97 Å². The van der Waals surface area contributed by atoms with Gasteiger partial charge in [0.2, 0.25) is 0 Å². The van der Waals surface area contributed by atoms with E-state index in [4.69, 9.17) is 10.5 Å². The van der Waals surface area contributed by atoms with E-state index in [1.807, 2.05) is 11.8 Å². The van der Waals surface area contributed by atoms with Crippen LogP contribution in [0.25, 0.3) is 0 Å². The third-order valence-electron chi connectivity index (χ3n) is 4.27. The highest BCUT2D eigenvalue weighted by atomic mass is 32.2. The van der Waals surface area contributed by atoms with E-state index < -0.39 is 0 Å². The topological polar surface area (TPSA) is 64.3 Å². The molecule has 1 aromatic carbocycles. The Labute approximate surface area is 130 Å². The largest absolute Gasteiger partial charge is 0.465 e. The number of nitrogen functional groups attached to an aromatic ring is 1. The van der Waals surface area contributed by atoms with Crippen LogP contribution in [0.15, 0.2) is 18.2 Å². The zero-order valence-corrected chi connectivity index (χ0v) is 13.6. The minimum absolute atomic E-state index is 0.284. The molecule has 4 nitrogen and oxygen atoms in total. The molecule has 3 N–H and O–H groups in total. The van der Waals surface area contributed by atoms with E-state index in [9.17, 15) is 4.79 Å². The minimum atomic E-state index is -0.338. The maximum Gasteiger partial charge on any atom is 0.337 e. The molecule has 0 atom stereocenters. The van der Waals surface area contributed by atoms with E-state index in [0.717, 1.165) is 12.2 Å². The number of esters is 1. The summed E-state index contributed by atoms with van der Waals surface area (Å²) in [6, 6.07) is 5.22. The Balaban J connectivity index is 2.09. The van der Waals surface area contributed by atoms with E-state index in [1.54, 1.807) is 18.2 Å². The minimum Gasteiger partial charge on any atom is -0.465 e. The lowest BCUT2D eigenvalue weighted by Gasteiger charge is -2.36. The van der Waals surface area contributed by atoms with Gasteiger partial charge in [-0.3, -0.25) is 0 Å². The molecule has 116 valence electrons. The number of carbonyl (C=O) groups is 1. The maximum absolute atomic E-state index is 11.6. The van der Waals surface area contributed by atoms with Crippen molar-refractivity contribution in [2.45, 2.75) is 36.9 Å². The zero-order valence-electron chi connectivity index (χ0n) is 12.8. The lowest BCUT2D eigenvalue weighted by molar-refractivity contribution is 0.0601. The summed E-state index contributed by atoms with van der Waals surface area (Å²) in [7, 11) is 1.39. The molecular weight excluding hydrogens is 284 g/mol. The fourth-order valence-electron chi connectivity index (χ4n) is 2.86. The fraction of sp³-hybridized carbons (Fsp3) is 0.562. The molecule has 1 aliphatic carbocycles. The van der Waals surface area contributed by atoms with Crippen LogP contribution < -0.4 is 11.1 Å². The Kier molecular flexibility index (Phi) is 5.39. The molecule has 5 heteroatoms. The molecule has 0 radical (unpaired) electrons. The summed E-state index contributed by atoms with van der Waals surface area (Å²) in [4.78, 5) is 11.6. The van der Waals surface area contributed by atoms with Crippen LogP contribution in [0, 0.1) is 0 Å². The summed E-state index contributed by atoms with van der Waals surface area (Å²) in [6.45, 7) is 0.878. The molecular formula is C16H24N2O2S. The summed E-state index contributed by atoms with van der Waals surface area (Å²) in [5, 5.41) is 3.44. The second-order valence-corrected chi connectivity index (χ2v) is 6.87. The van der Waals surface area contributed by atoms with Crippen LogP contribution in [0.2, 0.25) is 0 Å². The van der Waals surface area contributed by atoms with Crippen LogP contribution in [0.3, 0.4) is 0 Å². The average molecular weight is 308 g/mol. The molecule has 1 saturated carbocycles. The number of nitrogens with one attached hydrogen (secondary N) is 1. The van der Waals surface area contributed by atoms with Crippen molar-refractivity contribution >= 4 is 29.1 Å². The SMILES string of the molecule is COC(=O)c1ccc(N)c(NCC2(SC)CCCCC2)c1. The molecule has 0 spiro atoms. The van der Waals surface area contributed by atoms with Crippen LogP contribution in [0.4, 0.5) is 11.4 Å². The fourth-order valence-corrected chi connectivity index (χ4v) is 3.77. The molecule has 0 aromatic heterocycles. The van der Waals surface area contributed by atoms with Gasteiger partial charge in [0.15, 0.2) is 0 Å². The number of benzene rings is 1. The molecule has 21 heavy (non-hydrogen) atoms. The molecule has 1 fully saturated rings. The summed E-state index contributed by atoms with van der Waals surface area (Å²) in [6.07, 6.45) is 8.57. The summed E-state index contributed by atoms with van der Waals surface area (Å²) in [5.41, 5.74) is 8.01. The first-order chi connectivity index (χ1) is 10.1. The molecule has 2 rings (SSSR count). The van der Waals surface area contributed by atoms with Crippen molar-refractivity contribution in [2.75, 3.05) is 31.0 Å². The van der Waals surface area contributed by atoms with Crippen molar-refractivity contribution in [3.05, 3.63) is 23.8 Å². The van der Waals surface area contributed by atoms with Crippen molar-refractivity contribution in [3.63, 3.8) is 0 Å². The highest BCUT2D eigenvalue weighted by molar-refractivity contribution is 8.00. The van der Waals surface area contributed by atoms with Crippen molar-refractivity contribution in [2.24, 2.45) is 0 Å². The van der Waals surface area contributed by atoms with Gasteiger partial charge in [0, 0.05) is 11.3 Å². The molecule has 0 bridgehead atoms. The van der Waals surface area contributed by atoms with Crippen molar-refractivity contribution in [1.82, 2.24) is 0 Å². The Morgan fingerprint density at radius 1 is 1.38 bits per heavy atom. The first-order valence-electron chi connectivity index (χ1n) is 7.37. The molecule has 0 unspecified atom stereocenters. The molecule has 0 aliphatic heterocycles. The molecule has 0 amide bonds. The van der Waals surface area contributed by atoms with Crippen molar-refractivity contribution in [1.29, 1.82) is 0 Å². The number of hydrogen-bond acceptors (Lipinski definition) is 5. The van der Waals surface area contributed by atoms with Crippen LogP contribution >= 0.6 is 11.8 Å². The molecule has 0 heterocycles. The number of rotatable bonds is 5. The summed E-state index contributed by atoms with van der Waals surface area (Å²) < 4.78 is 5.04. The summed E-state index contributed by atoms with van der Waals surface area (Å²) in [5.74, 6) is -0.338. The van der Waals surface area contributed by atoms with E-state index in [0.29, 0.717) is 11.3 Å². The van der Waals surface area contributed by atoms with Gasteiger partial charge in [0.25, 0.3) is 0 Å². The lowest BCUT2D eigenvalue weighted by Crippen LogP contribution is -2.35. The van der Waals surface area contributed by atoms with Crippen LogP contribution in [0.5, 0.6) is 0 Å². The highest BCUT2D eigenvalue weighted by Gasteiger charge is 2.31. The number of thioether (sulfide) groups is 1. The second kappa shape index (κ2) is 7.07. The van der Waals surface area contributed by atoms with Gasteiger partial charge in [-0.25, -0.2) is 4.79 Å². The van der Waals surface area contributed by atoms with Crippen molar-refractivity contribution < 1.29 is 9.53 Å². The average Bonchev–Trinajstić information content (AvgIpc) is 2.54. The van der Waals surface area contributed by atoms with E-state index in [1.165, 1.54) is 39.2 Å². The number of ether oxygens (including phenoxy) is 1. The van der Waals surface area contributed by atoms with Gasteiger partial charge in [-0.05, 0) is 37.3 Å². The van der Waals surface area contributed by atoms with Gasteiger partial charge in [0.05, 0.1) is 24.0 Å². The van der Waals surface area contributed by atoms with Gasteiger partial charge in [-0.1, -0.05) is 19.3 Å². The third-order valence-corrected chi connectivity index (χ3v) is 5.69. The van der Waals surface area contributed by atoms with E-state index in [2.05, 4.69) is 11.6 Å². The Bertz CT molecular complexity index is 499. The van der Waals surface area contributed by atoms with Crippen LogP contribution in [-0.2, 0) is 4.74 Å². The maximum atomic E-state index is 11.6. The lowest BCUT2D eigenvalue weighted by atomic mass is 9.88. The van der Waals surface area contributed by atoms with Gasteiger partial charge in [-0.2, -0.15) is 11.8 Å². The normalized spacial score (nSPS) is 17.2. The predicted octanol–water partition coefficient (Wildman–Crippen LogP) is 3.53. The van der Waals surface area contributed by atoms with Gasteiger partial charge in [-0.15, -0.1) is 0 Å². The Hall–Kier alpha value is -1.36. The molecule has 0 saturated heterocycles. The monoisotopic (exact) mass is 308 g/mol. The standard InChI is InChI=1S/C16H24N2O2S/c1-20-15(19)12-6-7-13(17)14(10-12)18-11-16(21-2)8-4-3-5-9-16/h6-7,10,18H,3-5,8-9,11,17H2,1-2H3.